The number of hydrogen-bond donors (Lipinski definition) is 1. The van der Waals surface area contributed by atoms with E-state index in [2.05, 4.69) is 50.0 Å². The predicted octanol–water partition coefficient (Wildman–Crippen LogP) is 3.50. The Morgan fingerprint density at radius 3 is 2.74 bits per heavy atom. The lowest BCUT2D eigenvalue weighted by molar-refractivity contribution is 0.0415. The standard InChI is InChI=1S/C16H28N2O/c1-6-14-10-17-16(5,7-2)11-18(14)13(4)15-9-8-12(3)19-15/h8-9,13-14,17H,6-7,10-11H2,1-5H3. The molecule has 2 rings (SSSR count). The fraction of sp³-hybridized carbons (Fsp3) is 0.750. The van der Waals surface area contributed by atoms with E-state index in [4.69, 9.17) is 4.42 Å². The van der Waals surface area contributed by atoms with Gasteiger partial charge in [-0.1, -0.05) is 13.8 Å². The Balaban J connectivity index is 2.18. The second-order valence-corrected chi connectivity index (χ2v) is 6.15. The molecule has 1 aliphatic rings. The third-order valence-electron chi connectivity index (χ3n) is 4.69. The van der Waals surface area contributed by atoms with Gasteiger partial charge < -0.3 is 9.73 Å². The van der Waals surface area contributed by atoms with Gasteiger partial charge in [0.25, 0.3) is 0 Å². The van der Waals surface area contributed by atoms with Gasteiger partial charge in [-0.2, -0.15) is 0 Å². The summed E-state index contributed by atoms with van der Waals surface area (Å²) in [7, 11) is 0. The number of rotatable bonds is 4. The normalized spacial score (nSPS) is 30.5. The van der Waals surface area contributed by atoms with Gasteiger partial charge in [0, 0.05) is 24.7 Å². The first-order chi connectivity index (χ1) is 8.99. The molecule has 0 radical (unpaired) electrons. The number of hydrogen-bond acceptors (Lipinski definition) is 3. The molecule has 0 aliphatic carbocycles. The molecule has 0 spiro atoms. The summed E-state index contributed by atoms with van der Waals surface area (Å²) in [5, 5.41) is 3.72. The van der Waals surface area contributed by atoms with Crippen LogP contribution in [0, 0.1) is 6.92 Å². The first kappa shape index (κ1) is 14.6. The predicted molar refractivity (Wildman–Crippen MR) is 79.3 cm³/mol. The van der Waals surface area contributed by atoms with Crippen LogP contribution in [0.1, 0.15) is 58.1 Å². The third kappa shape index (κ3) is 3.03. The van der Waals surface area contributed by atoms with Gasteiger partial charge in [-0.3, -0.25) is 4.90 Å². The molecule has 2 heterocycles. The Morgan fingerprint density at radius 1 is 1.47 bits per heavy atom. The molecule has 1 aliphatic heterocycles. The summed E-state index contributed by atoms with van der Waals surface area (Å²) in [6.45, 7) is 13.3. The van der Waals surface area contributed by atoms with E-state index in [1.165, 1.54) is 6.42 Å². The lowest BCUT2D eigenvalue weighted by Gasteiger charge is -2.48. The first-order valence-corrected chi connectivity index (χ1v) is 7.56. The molecule has 1 saturated heterocycles. The highest BCUT2D eigenvalue weighted by Crippen LogP contribution is 2.30. The minimum absolute atomic E-state index is 0.224. The first-order valence-electron chi connectivity index (χ1n) is 7.56. The minimum atomic E-state index is 0.224. The highest BCUT2D eigenvalue weighted by Gasteiger charge is 2.37. The van der Waals surface area contributed by atoms with Crippen LogP contribution in [0.4, 0.5) is 0 Å². The monoisotopic (exact) mass is 264 g/mol. The van der Waals surface area contributed by atoms with Gasteiger partial charge in [-0.25, -0.2) is 0 Å². The van der Waals surface area contributed by atoms with Crippen LogP contribution in [0.2, 0.25) is 0 Å². The Morgan fingerprint density at radius 2 is 2.21 bits per heavy atom. The molecule has 0 aromatic carbocycles. The summed E-state index contributed by atoms with van der Waals surface area (Å²) < 4.78 is 5.83. The van der Waals surface area contributed by atoms with Crippen molar-refractivity contribution in [2.45, 2.75) is 65.1 Å². The number of nitrogens with zero attached hydrogens (tertiary/aromatic N) is 1. The van der Waals surface area contributed by atoms with Crippen LogP contribution in [0.15, 0.2) is 16.5 Å². The lowest BCUT2D eigenvalue weighted by atomic mass is 9.91. The molecule has 0 bridgehead atoms. The molecular formula is C16H28N2O. The maximum atomic E-state index is 5.83. The lowest BCUT2D eigenvalue weighted by Crippen LogP contribution is -2.62. The smallest absolute Gasteiger partial charge is 0.121 e. The van der Waals surface area contributed by atoms with Crippen LogP contribution in [-0.4, -0.2) is 29.6 Å². The van der Waals surface area contributed by atoms with Crippen LogP contribution in [0.3, 0.4) is 0 Å². The van der Waals surface area contributed by atoms with E-state index < -0.39 is 0 Å². The van der Waals surface area contributed by atoms with Crippen molar-refractivity contribution in [1.29, 1.82) is 0 Å². The zero-order chi connectivity index (χ0) is 14.0. The van der Waals surface area contributed by atoms with Crippen LogP contribution in [-0.2, 0) is 0 Å². The van der Waals surface area contributed by atoms with Crippen LogP contribution in [0.25, 0.3) is 0 Å². The van der Waals surface area contributed by atoms with E-state index in [0.717, 1.165) is 31.0 Å². The zero-order valence-corrected chi connectivity index (χ0v) is 13.0. The van der Waals surface area contributed by atoms with Gasteiger partial charge in [0.2, 0.25) is 0 Å². The van der Waals surface area contributed by atoms with Gasteiger partial charge in [0.15, 0.2) is 0 Å². The summed E-state index contributed by atoms with van der Waals surface area (Å²) in [4.78, 5) is 2.61. The molecule has 1 N–H and O–H groups in total. The number of piperazine rings is 1. The van der Waals surface area contributed by atoms with Crippen molar-refractivity contribution in [2.75, 3.05) is 13.1 Å². The van der Waals surface area contributed by atoms with Crippen LogP contribution >= 0.6 is 0 Å². The van der Waals surface area contributed by atoms with Crippen molar-refractivity contribution in [3.05, 3.63) is 23.7 Å². The largest absolute Gasteiger partial charge is 0.465 e. The van der Waals surface area contributed by atoms with E-state index in [9.17, 15) is 0 Å². The second-order valence-electron chi connectivity index (χ2n) is 6.15. The van der Waals surface area contributed by atoms with E-state index in [1.54, 1.807) is 0 Å². The van der Waals surface area contributed by atoms with Crippen molar-refractivity contribution >= 4 is 0 Å². The summed E-state index contributed by atoms with van der Waals surface area (Å²) in [5.41, 5.74) is 0.224. The van der Waals surface area contributed by atoms with Gasteiger partial charge >= 0.3 is 0 Å². The highest BCUT2D eigenvalue weighted by atomic mass is 16.3. The highest BCUT2D eigenvalue weighted by molar-refractivity contribution is 5.11. The van der Waals surface area contributed by atoms with E-state index in [1.807, 2.05) is 6.92 Å². The number of nitrogens with one attached hydrogen (secondary N) is 1. The molecule has 19 heavy (non-hydrogen) atoms. The Bertz CT molecular complexity index is 415. The molecular weight excluding hydrogens is 236 g/mol. The maximum Gasteiger partial charge on any atom is 0.121 e. The summed E-state index contributed by atoms with van der Waals surface area (Å²) in [6, 6.07) is 5.14. The number of aryl methyl sites for hydroxylation is 1. The van der Waals surface area contributed by atoms with Crippen molar-refractivity contribution in [2.24, 2.45) is 0 Å². The maximum absolute atomic E-state index is 5.83. The SMILES string of the molecule is CCC1CNC(C)(CC)CN1C(C)c1ccc(C)o1. The van der Waals surface area contributed by atoms with E-state index in [0.29, 0.717) is 12.1 Å². The molecule has 3 heteroatoms. The van der Waals surface area contributed by atoms with Crippen molar-refractivity contribution in [3.8, 4) is 0 Å². The number of furan rings is 1. The van der Waals surface area contributed by atoms with Crippen molar-refractivity contribution < 1.29 is 4.42 Å². The molecule has 1 fully saturated rings. The average molecular weight is 264 g/mol. The van der Waals surface area contributed by atoms with Crippen LogP contribution < -0.4 is 5.32 Å². The molecule has 0 amide bonds. The Labute approximate surface area is 117 Å². The molecule has 3 atom stereocenters. The molecule has 108 valence electrons. The van der Waals surface area contributed by atoms with E-state index in [-0.39, 0.29) is 5.54 Å². The fourth-order valence-electron chi connectivity index (χ4n) is 2.98. The third-order valence-corrected chi connectivity index (χ3v) is 4.69. The second kappa shape index (κ2) is 5.68. The van der Waals surface area contributed by atoms with Gasteiger partial charge in [0.05, 0.1) is 6.04 Å². The Hall–Kier alpha value is -0.800. The topological polar surface area (TPSA) is 28.4 Å². The molecule has 3 nitrogen and oxygen atoms in total. The molecule has 1 aromatic rings. The van der Waals surface area contributed by atoms with Crippen molar-refractivity contribution in [1.82, 2.24) is 10.2 Å². The average Bonchev–Trinajstić information content (AvgIpc) is 2.84. The van der Waals surface area contributed by atoms with Gasteiger partial charge in [-0.05, 0) is 45.7 Å². The van der Waals surface area contributed by atoms with Gasteiger partial charge in [0.1, 0.15) is 11.5 Å². The fourth-order valence-corrected chi connectivity index (χ4v) is 2.98. The zero-order valence-electron chi connectivity index (χ0n) is 13.0. The summed E-state index contributed by atoms with van der Waals surface area (Å²) >= 11 is 0. The summed E-state index contributed by atoms with van der Waals surface area (Å²) in [5.74, 6) is 2.10. The molecule has 3 unspecified atom stereocenters. The van der Waals surface area contributed by atoms with Crippen molar-refractivity contribution in [3.63, 3.8) is 0 Å². The molecule has 0 saturated carbocycles. The van der Waals surface area contributed by atoms with Crippen LogP contribution in [0.5, 0.6) is 0 Å². The minimum Gasteiger partial charge on any atom is -0.465 e. The molecule has 1 aromatic heterocycles. The van der Waals surface area contributed by atoms with Gasteiger partial charge in [-0.15, -0.1) is 0 Å². The Kier molecular flexibility index (Phi) is 4.36. The van der Waals surface area contributed by atoms with E-state index >= 15 is 0 Å². The summed E-state index contributed by atoms with van der Waals surface area (Å²) in [6.07, 6.45) is 2.33. The quantitative estimate of drug-likeness (QED) is 0.902.